The van der Waals surface area contributed by atoms with Crippen molar-refractivity contribution in [1.29, 1.82) is 0 Å². The van der Waals surface area contributed by atoms with Gasteiger partial charge in [0.1, 0.15) is 5.82 Å². The van der Waals surface area contributed by atoms with Crippen molar-refractivity contribution in [2.24, 2.45) is 0 Å². The number of urea groups is 1. The summed E-state index contributed by atoms with van der Waals surface area (Å²) in [6.07, 6.45) is 0. The monoisotopic (exact) mass is 462 g/mol. The highest BCUT2D eigenvalue weighted by Gasteiger charge is 2.22. The number of carbonyl (C=O) groups excluding carboxylic acids is 2. The van der Waals surface area contributed by atoms with Crippen LogP contribution < -0.4 is 16.2 Å². The van der Waals surface area contributed by atoms with Crippen molar-refractivity contribution in [1.82, 2.24) is 14.9 Å². The van der Waals surface area contributed by atoms with E-state index >= 15 is 0 Å². The lowest BCUT2D eigenvalue weighted by molar-refractivity contribution is -0.119. The molecule has 9 heteroatoms. The van der Waals surface area contributed by atoms with Gasteiger partial charge in [-0.3, -0.25) is 19.5 Å². The van der Waals surface area contributed by atoms with Gasteiger partial charge in [0, 0.05) is 5.69 Å². The number of imide groups is 1. The molecule has 0 spiro atoms. The molecule has 0 aliphatic carbocycles. The van der Waals surface area contributed by atoms with E-state index in [0.29, 0.717) is 16.6 Å². The Morgan fingerprint density at radius 2 is 1.64 bits per heavy atom. The quantitative estimate of drug-likeness (QED) is 0.340. The van der Waals surface area contributed by atoms with Gasteiger partial charge in [-0.2, -0.15) is 0 Å². The van der Waals surface area contributed by atoms with Gasteiger partial charge in [0.2, 0.25) is 5.91 Å². The van der Waals surface area contributed by atoms with Crippen LogP contribution in [-0.2, 0) is 4.79 Å². The van der Waals surface area contributed by atoms with Crippen molar-refractivity contribution in [2.75, 3.05) is 5.32 Å². The molecule has 33 heavy (non-hydrogen) atoms. The van der Waals surface area contributed by atoms with Crippen LogP contribution in [0.25, 0.3) is 16.6 Å². The molecule has 2 N–H and O–H groups in total. The van der Waals surface area contributed by atoms with Crippen LogP contribution in [0.1, 0.15) is 6.92 Å². The number of anilines is 1. The van der Waals surface area contributed by atoms with Crippen LogP contribution in [0, 0.1) is 5.82 Å². The van der Waals surface area contributed by atoms with Gasteiger partial charge in [-0.1, -0.05) is 54.2 Å². The van der Waals surface area contributed by atoms with E-state index in [-0.39, 0.29) is 10.8 Å². The lowest BCUT2D eigenvalue weighted by Crippen LogP contribution is -2.39. The number of hydrogen-bond donors (Lipinski definition) is 2. The van der Waals surface area contributed by atoms with Gasteiger partial charge in [-0.05, 0) is 43.3 Å². The molecule has 4 aromatic rings. The summed E-state index contributed by atoms with van der Waals surface area (Å²) in [7, 11) is 0. The summed E-state index contributed by atoms with van der Waals surface area (Å²) in [6.45, 7) is 1.57. The number of nitrogens with zero attached hydrogens (tertiary/aromatic N) is 2. The Balaban J connectivity index is 1.63. The number of nitrogens with one attached hydrogen (secondary N) is 2. The van der Waals surface area contributed by atoms with E-state index in [1.807, 2.05) is 0 Å². The maximum atomic E-state index is 14.6. The summed E-state index contributed by atoms with van der Waals surface area (Å²) < 4.78 is 15.7. The van der Waals surface area contributed by atoms with E-state index in [2.05, 4.69) is 15.6 Å². The Morgan fingerprint density at radius 1 is 0.970 bits per heavy atom. The van der Waals surface area contributed by atoms with Crippen molar-refractivity contribution < 1.29 is 14.0 Å². The smallest absolute Gasteiger partial charge is 0.308 e. The number of hydrogen-bond acceptors (Lipinski definition) is 5. The molecule has 0 bridgehead atoms. The minimum Gasteiger partial charge on any atom is -0.308 e. The van der Waals surface area contributed by atoms with Crippen LogP contribution in [-0.4, -0.2) is 26.7 Å². The molecule has 1 unspecified atom stereocenters. The summed E-state index contributed by atoms with van der Waals surface area (Å²) >= 11 is 0.952. The fourth-order valence-corrected chi connectivity index (χ4v) is 4.07. The van der Waals surface area contributed by atoms with Crippen LogP contribution in [0.5, 0.6) is 0 Å². The zero-order valence-electron chi connectivity index (χ0n) is 17.5. The van der Waals surface area contributed by atoms with Gasteiger partial charge in [-0.25, -0.2) is 14.2 Å². The largest absolute Gasteiger partial charge is 0.325 e. The number of amides is 3. The summed E-state index contributed by atoms with van der Waals surface area (Å²) in [5, 5.41) is 4.49. The van der Waals surface area contributed by atoms with Crippen molar-refractivity contribution >= 4 is 40.3 Å². The van der Waals surface area contributed by atoms with Crippen LogP contribution >= 0.6 is 11.8 Å². The first-order valence-electron chi connectivity index (χ1n) is 10.0. The van der Waals surface area contributed by atoms with Gasteiger partial charge in [-0.15, -0.1) is 0 Å². The topological polar surface area (TPSA) is 93.1 Å². The summed E-state index contributed by atoms with van der Waals surface area (Å²) in [4.78, 5) is 42.5. The van der Waals surface area contributed by atoms with Crippen molar-refractivity contribution in [3.05, 3.63) is 95.0 Å². The first-order chi connectivity index (χ1) is 15.9. The highest BCUT2D eigenvalue weighted by atomic mass is 32.2. The van der Waals surface area contributed by atoms with Crippen molar-refractivity contribution in [3.8, 4) is 5.69 Å². The van der Waals surface area contributed by atoms with Crippen LogP contribution in [0.3, 0.4) is 0 Å². The number of aromatic nitrogens is 2. The maximum Gasteiger partial charge on any atom is 0.325 e. The molecule has 0 aliphatic rings. The fraction of sp³-hybridized carbons (Fsp3) is 0.0833. The number of rotatable bonds is 5. The Morgan fingerprint density at radius 3 is 2.39 bits per heavy atom. The SMILES string of the molecule is CC(Sc1nc2ccccc2c(=O)n1-c1ccccc1F)C(=O)NC(=O)Nc1ccccc1. The van der Waals surface area contributed by atoms with Crippen molar-refractivity contribution in [3.63, 3.8) is 0 Å². The van der Waals surface area contributed by atoms with Crippen LogP contribution in [0.15, 0.2) is 88.8 Å². The Hall–Kier alpha value is -3.98. The summed E-state index contributed by atoms with van der Waals surface area (Å²) in [6, 6.07) is 20.6. The van der Waals surface area contributed by atoms with E-state index in [4.69, 9.17) is 0 Å². The standard InChI is InChI=1S/C24H19FN4O3S/c1-15(21(30)28-23(32)26-16-9-3-2-4-10-16)33-24-27-19-13-7-5-11-17(19)22(31)29(24)20-14-8-6-12-18(20)25/h2-15H,1H3,(H2,26,28,30,32). The first-order valence-corrected chi connectivity index (χ1v) is 10.9. The lowest BCUT2D eigenvalue weighted by Gasteiger charge is -2.16. The minimum absolute atomic E-state index is 0.0256. The number of halogens is 1. The molecule has 3 aromatic carbocycles. The highest BCUT2D eigenvalue weighted by molar-refractivity contribution is 8.00. The Bertz CT molecular complexity index is 1390. The average Bonchev–Trinajstić information content (AvgIpc) is 2.81. The third-order valence-corrected chi connectivity index (χ3v) is 5.81. The third kappa shape index (κ3) is 4.93. The predicted molar refractivity (Wildman–Crippen MR) is 126 cm³/mol. The average molecular weight is 463 g/mol. The number of para-hydroxylation sites is 3. The number of carbonyl (C=O) groups is 2. The molecule has 1 heterocycles. The second-order valence-corrected chi connectivity index (χ2v) is 8.38. The zero-order valence-corrected chi connectivity index (χ0v) is 18.3. The second-order valence-electron chi connectivity index (χ2n) is 7.07. The number of fused-ring (bicyclic) bond motifs is 1. The van der Waals surface area contributed by atoms with E-state index in [1.54, 1.807) is 67.6 Å². The minimum atomic E-state index is -0.808. The molecule has 7 nitrogen and oxygen atoms in total. The molecule has 0 saturated heterocycles. The molecular weight excluding hydrogens is 443 g/mol. The number of thioether (sulfide) groups is 1. The molecule has 0 radical (unpaired) electrons. The molecule has 3 amide bonds. The molecule has 166 valence electrons. The second kappa shape index (κ2) is 9.66. The van der Waals surface area contributed by atoms with E-state index in [9.17, 15) is 18.8 Å². The van der Waals surface area contributed by atoms with Crippen LogP contribution in [0.2, 0.25) is 0 Å². The molecule has 1 atom stereocenters. The highest BCUT2D eigenvalue weighted by Crippen LogP contribution is 2.26. The van der Waals surface area contributed by atoms with Gasteiger partial charge in [0.05, 0.1) is 21.8 Å². The van der Waals surface area contributed by atoms with Gasteiger partial charge >= 0.3 is 6.03 Å². The predicted octanol–water partition coefficient (Wildman–Crippen LogP) is 4.35. The molecule has 0 saturated carbocycles. The van der Waals surface area contributed by atoms with E-state index in [1.165, 1.54) is 18.2 Å². The van der Waals surface area contributed by atoms with E-state index in [0.717, 1.165) is 16.3 Å². The first kappa shape index (κ1) is 22.2. The Kier molecular flexibility index (Phi) is 6.50. The lowest BCUT2D eigenvalue weighted by atomic mass is 10.2. The number of benzene rings is 3. The third-order valence-electron chi connectivity index (χ3n) is 4.76. The van der Waals surface area contributed by atoms with Gasteiger partial charge in [0.15, 0.2) is 5.16 Å². The molecule has 0 aliphatic heterocycles. The van der Waals surface area contributed by atoms with Gasteiger partial charge < -0.3 is 5.32 Å². The fourth-order valence-electron chi connectivity index (χ4n) is 3.15. The maximum absolute atomic E-state index is 14.6. The molecule has 0 fully saturated rings. The molecule has 4 rings (SSSR count). The van der Waals surface area contributed by atoms with E-state index < -0.39 is 28.6 Å². The molecular formula is C24H19FN4O3S. The van der Waals surface area contributed by atoms with Gasteiger partial charge in [0.25, 0.3) is 5.56 Å². The zero-order chi connectivity index (χ0) is 23.4. The summed E-state index contributed by atoms with van der Waals surface area (Å²) in [5.74, 6) is -1.19. The van der Waals surface area contributed by atoms with Crippen LogP contribution in [0.4, 0.5) is 14.9 Å². The Labute approximate surface area is 192 Å². The summed E-state index contributed by atoms with van der Waals surface area (Å²) in [5.41, 5.74) is 0.528. The normalized spacial score (nSPS) is 11.7. The molecule has 1 aromatic heterocycles. The van der Waals surface area contributed by atoms with Crippen molar-refractivity contribution in [2.45, 2.75) is 17.3 Å².